The zero-order chi connectivity index (χ0) is 15.2. The predicted octanol–water partition coefficient (Wildman–Crippen LogP) is 1.99. The molecule has 0 bridgehead atoms. The largest absolute Gasteiger partial charge is 0.383 e. The number of ether oxygens (including phenoxy) is 1. The van der Waals surface area contributed by atoms with Gasteiger partial charge in [-0.2, -0.15) is 5.10 Å². The van der Waals surface area contributed by atoms with Crippen LogP contribution in [0.5, 0.6) is 0 Å². The molecule has 2 aromatic heterocycles. The monoisotopic (exact) mass is 288 g/mol. The summed E-state index contributed by atoms with van der Waals surface area (Å²) in [6, 6.07) is 4.05. The van der Waals surface area contributed by atoms with Gasteiger partial charge in [-0.3, -0.25) is 9.67 Å². The zero-order valence-electron chi connectivity index (χ0n) is 13.3. The van der Waals surface area contributed by atoms with Gasteiger partial charge in [0.1, 0.15) is 0 Å². The van der Waals surface area contributed by atoms with Crippen molar-refractivity contribution in [3.8, 4) is 0 Å². The van der Waals surface area contributed by atoms with Crippen LogP contribution in [0.15, 0.2) is 18.3 Å². The first-order valence-electron chi connectivity index (χ1n) is 7.26. The molecular weight excluding hydrogens is 264 g/mol. The van der Waals surface area contributed by atoms with E-state index in [9.17, 15) is 0 Å². The Morgan fingerprint density at radius 3 is 2.81 bits per heavy atom. The predicted molar refractivity (Wildman–Crippen MR) is 83.4 cm³/mol. The van der Waals surface area contributed by atoms with Gasteiger partial charge in [0.05, 0.1) is 24.5 Å². The number of rotatable bonds is 7. The molecule has 5 heteroatoms. The van der Waals surface area contributed by atoms with E-state index in [2.05, 4.69) is 42.2 Å². The summed E-state index contributed by atoms with van der Waals surface area (Å²) >= 11 is 0. The van der Waals surface area contributed by atoms with E-state index in [4.69, 9.17) is 4.74 Å². The van der Waals surface area contributed by atoms with Crippen LogP contribution in [-0.2, 0) is 17.8 Å². The van der Waals surface area contributed by atoms with Gasteiger partial charge in [0.2, 0.25) is 0 Å². The Labute approximate surface area is 126 Å². The van der Waals surface area contributed by atoms with E-state index in [-0.39, 0.29) is 0 Å². The summed E-state index contributed by atoms with van der Waals surface area (Å²) in [4.78, 5) is 4.45. The maximum atomic E-state index is 5.05. The minimum Gasteiger partial charge on any atom is -0.383 e. The molecule has 2 aromatic rings. The molecule has 0 unspecified atom stereocenters. The molecule has 0 aliphatic rings. The molecule has 0 fully saturated rings. The maximum absolute atomic E-state index is 5.05. The molecule has 0 aliphatic heterocycles. The standard InChI is InChI=1S/C16H24N4O/c1-12-6-5-7-18-16(12)11-20-14(3)15(13(2)19-20)10-17-8-9-21-4/h5-7,17H,8-11H2,1-4H3. The van der Waals surface area contributed by atoms with Crippen molar-refractivity contribution >= 4 is 0 Å². The van der Waals surface area contributed by atoms with Gasteiger partial charge >= 0.3 is 0 Å². The Kier molecular flexibility index (Phi) is 5.47. The van der Waals surface area contributed by atoms with E-state index in [1.54, 1.807) is 7.11 Å². The van der Waals surface area contributed by atoms with Crippen LogP contribution in [-0.4, -0.2) is 35.0 Å². The molecule has 0 radical (unpaired) electrons. The third kappa shape index (κ3) is 3.89. The topological polar surface area (TPSA) is 52.0 Å². The van der Waals surface area contributed by atoms with Gasteiger partial charge in [-0.25, -0.2) is 0 Å². The average Bonchev–Trinajstić information content (AvgIpc) is 2.73. The second-order valence-corrected chi connectivity index (χ2v) is 5.24. The summed E-state index contributed by atoms with van der Waals surface area (Å²) in [5.41, 5.74) is 5.81. The van der Waals surface area contributed by atoms with Gasteiger partial charge < -0.3 is 10.1 Å². The van der Waals surface area contributed by atoms with Crippen molar-refractivity contribution in [2.75, 3.05) is 20.3 Å². The van der Waals surface area contributed by atoms with E-state index < -0.39 is 0 Å². The minimum absolute atomic E-state index is 0.720. The molecule has 0 amide bonds. The van der Waals surface area contributed by atoms with Crippen molar-refractivity contribution in [2.45, 2.75) is 33.9 Å². The van der Waals surface area contributed by atoms with Gasteiger partial charge in [-0.1, -0.05) is 6.07 Å². The van der Waals surface area contributed by atoms with Gasteiger partial charge in [0.25, 0.3) is 0 Å². The molecule has 0 spiro atoms. The molecule has 21 heavy (non-hydrogen) atoms. The molecule has 114 valence electrons. The highest BCUT2D eigenvalue weighted by atomic mass is 16.5. The first kappa shape index (κ1) is 15.7. The van der Waals surface area contributed by atoms with Crippen molar-refractivity contribution in [2.24, 2.45) is 0 Å². The van der Waals surface area contributed by atoms with Crippen LogP contribution in [0.1, 0.15) is 28.2 Å². The van der Waals surface area contributed by atoms with Crippen LogP contribution < -0.4 is 5.32 Å². The van der Waals surface area contributed by atoms with E-state index in [1.807, 2.05) is 16.9 Å². The number of hydrogen-bond acceptors (Lipinski definition) is 4. The number of aryl methyl sites for hydroxylation is 2. The number of nitrogens with zero attached hydrogens (tertiary/aromatic N) is 3. The lowest BCUT2D eigenvalue weighted by atomic mass is 10.2. The number of nitrogens with one attached hydrogen (secondary N) is 1. The maximum Gasteiger partial charge on any atom is 0.0837 e. The lowest BCUT2D eigenvalue weighted by Gasteiger charge is -2.08. The van der Waals surface area contributed by atoms with E-state index in [0.29, 0.717) is 0 Å². The minimum atomic E-state index is 0.720. The number of pyridine rings is 1. The Hall–Kier alpha value is -1.72. The highest BCUT2D eigenvalue weighted by Crippen LogP contribution is 2.15. The first-order valence-corrected chi connectivity index (χ1v) is 7.26. The van der Waals surface area contributed by atoms with Crippen LogP contribution in [0.4, 0.5) is 0 Å². The van der Waals surface area contributed by atoms with Crippen LogP contribution in [0.25, 0.3) is 0 Å². The van der Waals surface area contributed by atoms with Gasteiger partial charge in [-0.15, -0.1) is 0 Å². The molecule has 0 aliphatic carbocycles. The molecule has 0 aromatic carbocycles. The van der Waals surface area contributed by atoms with E-state index in [0.717, 1.165) is 37.6 Å². The molecule has 0 atom stereocenters. The summed E-state index contributed by atoms with van der Waals surface area (Å²) in [5, 5.41) is 8.03. The van der Waals surface area contributed by atoms with Crippen molar-refractivity contribution in [3.63, 3.8) is 0 Å². The fourth-order valence-electron chi connectivity index (χ4n) is 2.36. The fraction of sp³-hybridized carbons (Fsp3) is 0.500. The highest BCUT2D eigenvalue weighted by molar-refractivity contribution is 5.26. The second-order valence-electron chi connectivity index (χ2n) is 5.24. The van der Waals surface area contributed by atoms with Crippen molar-refractivity contribution in [3.05, 3.63) is 46.5 Å². The summed E-state index contributed by atoms with van der Waals surface area (Å²) < 4.78 is 7.09. The smallest absolute Gasteiger partial charge is 0.0837 e. The van der Waals surface area contributed by atoms with Crippen molar-refractivity contribution < 1.29 is 4.74 Å². The Morgan fingerprint density at radius 1 is 1.29 bits per heavy atom. The normalized spacial score (nSPS) is 11.0. The summed E-state index contributed by atoms with van der Waals surface area (Å²) in [5.74, 6) is 0. The summed E-state index contributed by atoms with van der Waals surface area (Å²) in [7, 11) is 1.71. The average molecular weight is 288 g/mol. The van der Waals surface area contributed by atoms with Crippen LogP contribution in [0.2, 0.25) is 0 Å². The summed E-state index contributed by atoms with van der Waals surface area (Å²) in [6.07, 6.45) is 1.83. The fourth-order valence-corrected chi connectivity index (χ4v) is 2.36. The SMILES string of the molecule is COCCNCc1c(C)nn(Cc2ncccc2C)c1C. The zero-order valence-corrected chi connectivity index (χ0v) is 13.3. The third-order valence-electron chi connectivity index (χ3n) is 3.73. The van der Waals surface area contributed by atoms with Crippen LogP contribution in [0, 0.1) is 20.8 Å². The quantitative estimate of drug-likeness (QED) is 0.792. The molecule has 2 rings (SSSR count). The van der Waals surface area contributed by atoms with Crippen molar-refractivity contribution in [1.82, 2.24) is 20.1 Å². The second kappa shape index (κ2) is 7.33. The number of methoxy groups -OCH3 is 1. The Balaban J connectivity index is 2.10. The Bertz CT molecular complexity index is 592. The molecule has 0 saturated carbocycles. The Morgan fingerprint density at radius 2 is 2.10 bits per heavy atom. The molecule has 1 N–H and O–H groups in total. The first-order chi connectivity index (χ1) is 10.1. The number of hydrogen-bond donors (Lipinski definition) is 1. The van der Waals surface area contributed by atoms with Gasteiger partial charge in [-0.05, 0) is 32.4 Å². The van der Waals surface area contributed by atoms with E-state index in [1.165, 1.54) is 16.8 Å². The molecule has 0 saturated heterocycles. The van der Waals surface area contributed by atoms with Crippen molar-refractivity contribution in [1.29, 1.82) is 0 Å². The molecule has 5 nitrogen and oxygen atoms in total. The molecular formula is C16H24N4O. The van der Waals surface area contributed by atoms with Crippen LogP contribution >= 0.6 is 0 Å². The lowest BCUT2D eigenvalue weighted by molar-refractivity contribution is 0.199. The van der Waals surface area contributed by atoms with Gasteiger partial charge in [0, 0.05) is 37.7 Å². The number of aromatic nitrogens is 3. The third-order valence-corrected chi connectivity index (χ3v) is 3.73. The molecule has 2 heterocycles. The van der Waals surface area contributed by atoms with Gasteiger partial charge in [0.15, 0.2) is 0 Å². The highest BCUT2D eigenvalue weighted by Gasteiger charge is 2.12. The van der Waals surface area contributed by atoms with E-state index >= 15 is 0 Å². The van der Waals surface area contributed by atoms with Crippen LogP contribution in [0.3, 0.4) is 0 Å². The summed E-state index contributed by atoms with van der Waals surface area (Å²) in [6.45, 7) is 9.37. The lowest BCUT2D eigenvalue weighted by Crippen LogP contribution is -2.19.